The van der Waals surface area contributed by atoms with Crippen molar-refractivity contribution in [3.8, 4) is 0 Å². The molecule has 1 amide bonds. The number of carbonyl (C=O) groups excluding carboxylic acids is 1. The van der Waals surface area contributed by atoms with E-state index in [2.05, 4.69) is 24.1 Å². The number of carbonyl (C=O) groups is 1. The molecule has 4 nitrogen and oxygen atoms in total. The molecule has 1 unspecified atom stereocenters. The Hall–Kier alpha value is -0.610. The summed E-state index contributed by atoms with van der Waals surface area (Å²) < 4.78 is 0. The predicted octanol–water partition coefficient (Wildman–Crippen LogP) is 0.182. The first kappa shape index (κ1) is 13.4. The van der Waals surface area contributed by atoms with Crippen molar-refractivity contribution in [3.63, 3.8) is 0 Å². The zero-order chi connectivity index (χ0) is 11.2. The zero-order valence-corrected chi connectivity index (χ0v) is 9.76. The van der Waals surface area contributed by atoms with E-state index in [0.717, 1.165) is 13.0 Å². The minimum Gasteiger partial charge on any atom is -0.359 e. The van der Waals surface area contributed by atoms with E-state index in [1.807, 2.05) is 7.05 Å². The summed E-state index contributed by atoms with van der Waals surface area (Å²) >= 11 is 0. The molecule has 3 N–H and O–H groups in total. The summed E-state index contributed by atoms with van der Waals surface area (Å²) in [6, 6.07) is 0. The van der Waals surface area contributed by atoms with Crippen LogP contribution in [0.4, 0.5) is 0 Å². The molecule has 0 heterocycles. The third-order valence-electron chi connectivity index (χ3n) is 3.08. The molecule has 0 spiro atoms. The molecule has 84 valence electrons. The van der Waals surface area contributed by atoms with Gasteiger partial charge in [0.25, 0.3) is 0 Å². The molecule has 0 aliphatic carbocycles. The number of hydrogen-bond donors (Lipinski definition) is 2. The number of amides is 1. The lowest BCUT2D eigenvalue weighted by atomic mass is 9.97. The maximum atomic E-state index is 11.1. The Morgan fingerprint density at radius 1 is 1.57 bits per heavy atom. The highest BCUT2D eigenvalue weighted by Crippen LogP contribution is 2.15. The molecule has 0 bridgehead atoms. The minimum absolute atomic E-state index is 0.00796. The molecule has 0 rings (SSSR count). The molecule has 0 aliphatic rings. The Bertz CT molecular complexity index is 178. The van der Waals surface area contributed by atoms with Gasteiger partial charge in [0.1, 0.15) is 0 Å². The lowest BCUT2D eigenvalue weighted by Crippen LogP contribution is -2.50. The lowest BCUT2D eigenvalue weighted by Gasteiger charge is -2.37. The molecule has 0 aliphatic heterocycles. The molecule has 0 aromatic heterocycles. The Morgan fingerprint density at radius 3 is 2.50 bits per heavy atom. The van der Waals surface area contributed by atoms with Gasteiger partial charge in [0.15, 0.2) is 0 Å². The van der Waals surface area contributed by atoms with Gasteiger partial charge in [0.2, 0.25) is 5.91 Å². The summed E-state index contributed by atoms with van der Waals surface area (Å²) in [6.45, 7) is 5.61. The number of likely N-dealkylation sites (N-methyl/N-ethyl adjacent to an activating group) is 1. The monoisotopic (exact) mass is 201 g/mol. The van der Waals surface area contributed by atoms with Crippen LogP contribution < -0.4 is 11.1 Å². The Labute approximate surface area is 86.8 Å². The molecular formula is C10H23N3O. The van der Waals surface area contributed by atoms with E-state index in [4.69, 9.17) is 5.73 Å². The summed E-state index contributed by atoms with van der Waals surface area (Å²) in [5.41, 5.74) is 5.72. The van der Waals surface area contributed by atoms with Gasteiger partial charge in [0, 0.05) is 32.1 Å². The van der Waals surface area contributed by atoms with Gasteiger partial charge in [-0.3, -0.25) is 9.69 Å². The third-order valence-corrected chi connectivity index (χ3v) is 3.08. The zero-order valence-electron chi connectivity index (χ0n) is 9.76. The SMILES string of the molecule is CCC(C)(CN)N(C)CCC(=O)NC. The lowest BCUT2D eigenvalue weighted by molar-refractivity contribution is -0.121. The van der Waals surface area contributed by atoms with Crippen LogP contribution in [0.1, 0.15) is 26.7 Å². The molecule has 1 atom stereocenters. The van der Waals surface area contributed by atoms with Gasteiger partial charge < -0.3 is 11.1 Å². The Kier molecular flexibility index (Phi) is 5.72. The standard InChI is InChI=1S/C10H23N3O/c1-5-10(2,8-11)13(4)7-6-9(14)12-3/h5-8,11H2,1-4H3,(H,12,14). The van der Waals surface area contributed by atoms with E-state index >= 15 is 0 Å². The van der Waals surface area contributed by atoms with Crippen LogP contribution in [-0.4, -0.2) is 43.5 Å². The first-order chi connectivity index (χ1) is 6.50. The molecular weight excluding hydrogens is 178 g/mol. The molecule has 0 aromatic carbocycles. The van der Waals surface area contributed by atoms with Crippen LogP contribution in [0.5, 0.6) is 0 Å². The predicted molar refractivity (Wildman–Crippen MR) is 59.1 cm³/mol. The van der Waals surface area contributed by atoms with E-state index < -0.39 is 0 Å². The highest BCUT2D eigenvalue weighted by Gasteiger charge is 2.25. The largest absolute Gasteiger partial charge is 0.359 e. The molecule has 14 heavy (non-hydrogen) atoms. The van der Waals surface area contributed by atoms with E-state index in [1.54, 1.807) is 7.05 Å². The first-order valence-electron chi connectivity index (χ1n) is 5.12. The normalized spacial score (nSPS) is 15.3. The molecule has 0 fully saturated rings. The van der Waals surface area contributed by atoms with Gasteiger partial charge in [-0.2, -0.15) is 0 Å². The van der Waals surface area contributed by atoms with Crippen molar-refractivity contribution in [1.82, 2.24) is 10.2 Å². The second-order valence-corrected chi connectivity index (χ2v) is 3.90. The maximum absolute atomic E-state index is 11.1. The minimum atomic E-state index is 0.00796. The number of nitrogens with two attached hydrogens (primary N) is 1. The summed E-state index contributed by atoms with van der Waals surface area (Å²) in [5, 5.41) is 2.61. The van der Waals surface area contributed by atoms with E-state index in [0.29, 0.717) is 13.0 Å². The van der Waals surface area contributed by atoms with Crippen molar-refractivity contribution in [1.29, 1.82) is 0 Å². The van der Waals surface area contributed by atoms with Gasteiger partial charge in [-0.05, 0) is 20.4 Å². The highest BCUT2D eigenvalue weighted by molar-refractivity contribution is 5.75. The van der Waals surface area contributed by atoms with Gasteiger partial charge in [-0.1, -0.05) is 6.92 Å². The molecule has 0 saturated heterocycles. The van der Waals surface area contributed by atoms with Crippen LogP contribution in [0.25, 0.3) is 0 Å². The fraction of sp³-hybridized carbons (Fsp3) is 0.900. The van der Waals surface area contributed by atoms with Gasteiger partial charge >= 0.3 is 0 Å². The number of nitrogens with one attached hydrogen (secondary N) is 1. The first-order valence-corrected chi connectivity index (χ1v) is 5.12. The van der Waals surface area contributed by atoms with Crippen molar-refractivity contribution in [2.45, 2.75) is 32.2 Å². The van der Waals surface area contributed by atoms with Crippen LogP contribution in [-0.2, 0) is 4.79 Å². The third kappa shape index (κ3) is 3.64. The second-order valence-electron chi connectivity index (χ2n) is 3.90. The number of rotatable bonds is 6. The van der Waals surface area contributed by atoms with Crippen molar-refractivity contribution in [2.75, 3.05) is 27.2 Å². The van der Waals surface area contributed by atoms with E-state index in [1.165, 1.54) is 0 Å². The maximum Gasteiger partial charge on any atom is 0.221 e. The van der Waals surface area contributed by atoms with Gasteiger partial charge in [0.05, 0.1) is 0 Å². The van der Waals surface area contributed by atoms with Crippen LogP contribution in [0.3, 0.4) is 0 Å². The summed E-state index contributed by atoms with van der Waals surface area (Å²) in [7, 11) is 3.67. The summed E-state index contributed by atoms with van der Waals surface area (Å²) in [5.74, 6) is 0.0762. The topological polar surface area (TPSA) is 58.4 Å². The molecule has 4 heteroatoms. The highest BCUT2D eigenvalue weighted by atomic mass is 16.1. The molecule has 0 saturated carbocycles. The van der Waals surface area contributed by atoms with Crippen LogP contribution in [0, 0.1) is 0 Å². The second kappa shape index (κ2) is 5.98. The summed E-state index contributed by atoms with van der Waals surface area (Å²) in [6.07, 6.45) is 1.52. The molecule has 0 aromatic rings. The van der Waals surface area contributed by atoms with Crippen LogP contribution in [0.2, 0.25) is 0 Å². The van der Waals surface area contributed by atoms with Crippen LogP contribution >= 0.6 is 0 Å². The van der Waals surface area contributed by atoms with E-state index in [-0.39, 0.29) is 11.4 Å². The van der Waals surface area contributed by atoms with Crippen molar-refractivity contribution < 1.29 is 4.79 Å². The fourth-order valence-corrected chi connectivity index (χ4v) is 1.23. The number of nitrogens with zero attached hydrogens (tertiary/aromatic N) is 1. The average molecular weight is 201 g/mol. The van der Waals surface area contributed by atoms with Crippen molar-refractivity contribution in [2.24, 2.45) is 5.73 Å². The Morgan fingerprint density at radius 2 is 2.14 bits per heavy atom. The van der Waals surface area contributed by atoms with E-state index in [9.17, 15) is 4.79 Å². The fourth-order valence-electron chi connectivity index (χ4n) is 1.23. The smallest absolute Gasteiger partial charge is 0.221 e. The van der Waals surface area contributed by atoms with Crippen molar-refractivity contribution >= 4 is 5.91 Å². The quantitative estimate of drug-likeness (QED) is 0.644. The number of hydrogen-bond acceptors (Lipinski definition) is 3. The van der Waals surface area contributed by atoms with Gasteiger partial charge in [-0.15, -0.1) is 0 Å². The Balaban J connectivity index is 4.05. The average Bonchev–Trinajstić information content (AvgIpc) is 2.23. The molecule has 0 radical (unpaired) electrons. The van der Waals surface area contributed by atoms with Crippen molar-refractivity contribution in [3.05, 3.63) is 0 Å². The van der Waals surface area contributed by atoms with Crippen LogP contribution in [0.15, 0.2) is 0 Å². The van der Waals surface area contributed by atoms with Gasteiger partial charge in [-0.25, -0.2) is 0 Å². The summed E-state index contributed by atoms with van der Waals surface area (Å²) in [4.78, 5) is 13.2.